The van der Waals surface area contributed by atoms with Gasteiger partial charge in [0.1, 0.15) is 0 Å². The summed E-state index contributed by atoms with van der Waals surface area (Å²) in [6.07, 6.45) is 6.50. The molecule has 1 saturated carbocycles. The van der Waals surface area contributed by atoms with Crippen molar-refractivity contribution in [3.63, 3.8) is 0 Å². The second-order valence-electron chi connectivity index (χ2n) is 4.15. The number of carbonyl (C=O) groups excluding carboxylic acids is 1. The highest BCUT2D eigenvalue weighted by Crippen LogP contribution is 2.19. The van der Waals surface area contributed by atoms with Gasteiger partial charge in [-0.05, 0) is 40.9 Å². The van der Waals surface area contributed by atoms with Crippen LogP contribution < -0.4 is 5.32 Å². The first-order chi connectivity index (χ1) is 8.24. The van der Waals surface area contributed by atoms with Crippen molar-refractivity contribution in [1.29, 1.82) is 0 Å². The summed E-state index contributed by atoms with van der Waals surface area (Å²) < 4.78 is 0.956. The molecule has 0 radical (unpaired) electrons. The molecule has 0 saturated heterocycles. The molecule has 2 rings (SSSR count). The van der Waals surface area contributed by atoms with Crippen molar-refractivity contribution in [2.75, 3.05) is 5.75 Å². The van der Waals surface area contributed by atoms with Crippen molar-refractivity contribution < 1.29 is 4.79 Å². The molecule has 0 unspecified atom stereocenters. The van der Waals surface area contributed by atoms with E-state index in [4.69, 9.17) is 0 Å². The van der Waals surface area contributed by atoms with Crippen LogP contribution in [0.25, 0.3) is 0 Å². The summed E-state index contributed by atoms with van der Waals surface area (Å²) in [4.78, 5) is 15.9. The van der Waals surface area contributed by atoms with Gasteiger partial charge in [0.25, 0.3) is 0 Å². The molecule has 1 aromatic heterocycles. The zero-order chi connectivity index (χ0) is 12.1. The summed E-state index contributed by atoms with van der Waals surface area (Å²) in [6.45, 7) is 0. The normalized spacial score (nSPS) is 16.1. The molecule has 0 atom stereocenters. The van der Waals surface area contributed by atoms with Crippen LogP contribution in [0.1, 0.15) is 25.7 Å². The van der Waals surface area contributed by atoms with E-state index in [1.165, 1.54) is 24.6 Å². The predicted octanol–water partition coefficient (Wildman–Crippen LogP) is 3.00. The molecule has 1 aromatic rings. The summed E-state index contributed by atoms with van der Waals surface area (Å²) in [6, 6.07) is 4.25. The molecular weight excluding hydrogens is 300 g/mol. The van der Waals surface area contributed by atoms with E-state index in [2.05, 4.69) is 26.2 Å². The lowest BCUT2D eigenvalue weighted by Crippen LogP contribution is -2.33. The van der Waals surface area contributed by atoms with Gasteiger partial charge in [0.15, 0.2) is 0 Å². The van der Waals surface area contributed by atoms with Crippen LogP contribution in [0.2, 0.25) is 0 Å². The quantitative estimate of drug-likeness (QED) is 0.869. The molecule has 17 heavy (non-hydrogen) atoms. The molecule has 0 bridgehead atoms. The molecule has 1 heterocycles. The van der Waals surface area contributed by atoms with Gasteiger partial charge in [-0.3, -0.25) is 4.79 Å². The number of rotatable bonds is 4. The van der Waals surface area contributed by atoms with Crippen molar-refractivity contribution in [3.8, 4) is 0 Å². The summed E-state index contributed by atoms with van der Waals surface area (Å²) in [5, 5.41) is 3.95. The largest absolute Gasteiger partial charge is 0.353 e. The van der Waals surface area contributed by atoms with E-state index >= 15 is 0 Å². The third-order valence-corrected chi connectivity index (χ3v) is 4.18. The van der Waals surface area contributed by atoms with Crippen molar-refractivity contribution in [1.82, 2.24) is 10.3 Å². The van der Waals surface area contributed by atoms with Crippen LogP contribution in [0.15, 0.2) is 27.8 Å². The lowest BCUT2D eigenvalue weighted by Gasteiger charge is -2.11. The fourth-order valence-electron chi connectivity index (χ4n) is 1.93. The lowest BCUT2D eigenvalue weighted by molar-refractivity contribution is -0.119. The first kappa shape index (κ1) is 12.9. The molecule has 0 aromatic carbocycles. The average molecular weight is 315 g/mol. The maximum atomic E-state index is 11.7. The molecule has 5 heteroatoms. The minimum absolute atomic E-state index is 0.117. The van der Waals surface area contributed by atoms with E-state index in [-0.39, 0.29) is 5.91 Å². The average Bonchev–Trinajstić information content (AvgIpc) is 2.81. The highest BCUT2D eigenvalue weighted by Gasteiger charge is 2.16. The van der Waals surface area contributed by atoms with Gasteiger partial charge in [0, 0.05) is 16.7 Å². The Hall–Kier alpha value is -0.550. The SMILES string of the molecule is O=C(CSc1ccc(Br)cn1)NC1CCCC1. The Morgan fingerprint density at radius 1 is 1.47 bits per heavy atom. The lowest BCUT2D eigenvalue weighted by atomic mass is 10.2. The minimum atomic E-state index is 0.117. The van der Waals surface area contributed by atoms with Crippen LogP contribution in [-0.2, 0) is 4.79 Å². The second kappa shape index (κ2) is 6.40. The molecule has 1 aliphatic carbocycles. The number of pyridine rings is 1. The number of nitrogens with one attached hydrogen (secondary N) is 1. The molecule has 3 nitrogen and oxygen atoms in total. The Morgan fingerprint density at radius 2 is 2.24 bits per heavy atom. The maximum absolute atomic E-state index is 11.7. The van der Waals surface area contributed by atoms with E-state index in [1.54, 1.807) is 6.20 Å². The van der Waals surface area contributed by atoms with E-state index in [1.807, 2.05) is 12.1 Å². The summed E-state index contributed by atoms with van der Waals surface area (Å²) in [5.74, 6) is 0.567. The molecule has 1 N–H and O–H groups in total. The van der Waals surface area contributed by atoms with Gasteiger partial charge >= 0.3 is 0 Å². The van der Waals surface area contributed by atoms with Crippen LogP contribution in [-0.4, -0.2) is 22.7 Å². The monoisotopic (exact) mass is 314 g/mol. The van der Waals surface area contributed by atoms with E-state index in [9.17, 15) is 4.79 Å². The fourth-order valence-corrected chi connectivity index (χ4v) is 2.81. The molecule has 92 valence electrons. The Balaban J connectivity index is 1.73. The molecular formula is C12H15BrN2OS. The first-order valence-corrected chi connectivity index (χ1v) is 7.55. The van der Waals surface area contributed by atoms with Crippen molar-refractivity contribution in [3.05, 3.63) is 22.8 Å². The predicted molar refractivity (Wildman–Crippen MR) is 73.1 cm³/mol. The van der Waals surface area contributed by atoms with Crippen molar-refractivity contribution in [2.45, 2.75) is 36.8 Å². The number of halogens is 1. The van der Waals surface area contributed by atoms with Crippen LogP contribution in [0.3, 0.4) is 0 Å². The van der Waals surface area contributed by atoms with Crippen LogP contribution in [0, 0.1) is 0 Å². The molecule has 0 spiro atoms. The molecule has 1 fully saturated rings. The second-order valence-corrected chi connectivity index (χ2v) is 6.06. The zero-order valence-corrected chi connectivity index (χ0v) is 11.9. The van der Waals surface area contributed by atoms with Gasteiger partial charge in [-0.15, -0.1) is 0 Å². The number of nitrogens with zero attached hydrogens (tertiary/aromatic N) is 1. The summed E-state index contributed by atoms with van der Waals surface area (Å²) >= 11 is 4.81. The molecule has 0 aliphatic heterocycles. The first-order valence-electron chi connectivity index (χ1n) is 5.78. The Labute approximate surface area is 114 Å². The number of thioether (sulfide) groups is 1. The zero-order valence-electron chi connectivity index (χ0n) is 9.49. The Morgan fingerprint density at radius 3 is 2.88 bits per heavy atom. The van der Waals surface area contributed by atoms with Crippen LogP contribution >= 0.6 is 27.7 Å². The fraction of sp³-hybridized carbons (Fsp3) is 0.500. The molecule has 1 aliphatic rings. The summed E-state index contributed by atoms with van der Waals surface area (Å²) in [7, 11) is 0. The van der Waals surface area contributed by atoms with Gasteiger partial charge in [-0.25, -0.2) is 4.98 Å². The van der Waals surface area contributed by atoms with E-state index < -0.39 is 0 Å². The van der Waals surface area contributed by atoms with Gasteiger partial charge in [0.05, 0.1) is 10.8 Å². The van der Waals surface area contributed by atoms with Crippen LogP contribution in [0.4, 0.5) is 0 Å². The number of hydrogen-bond acceptors (Lipinski definition) is 3. The number of carbonyl (C=O) groups is 1. The van der Waals surface area contributed by atoms with E-state index in [0.717, 1.165) is 22.3 Å². The summed E-state index contributed by atoms with van der Waals surface area (Å²) in [5.41, 5.74) is 0. The third kappa shape index (κ3) is 4.32. The van der Waals surface area contributed by atoms with Gasteiger partial charge in [-0.1, -0.05) is 24.6 Å². The third-order valence-electron chi connectivity index (χ3n) is 2.77. The number of aromatic nitrogens is 1. The standard InChI is InChI=1S/C12H15BrN2OS/c13-9-5-6-12(14-7-9)17-8-11(16)15-10-3-1-2-4-10/h5-7,10H,1-4,8H2,(H,15,16). The smallest absolute Gasteiger partial charge is 0.230 e. The van der Waals surface area contributed by atoms with Crippen LogP contribution in [0.5, 0.6) is 0 Å². The highest BCUT2D eigenvalue weighted by atomic mass is 79.9. The molecule has 1 amide bonds. The topological polar surface area (TPSA) is 42.0 Å². The van der Waals surface area contributed by atoms with E-state index in [0.29, 0.717) is 11.8 Å². The van der Waals surface area contributed by atoms with Gasteiger partial charge < -0.3 is 5.32 Å². The number of amides is 1. The maximum Gasteiger partial charge on any atom is 0.230 e. The Kier molecular flexibility index (Phi) is 4.86. The highest BCUT2D eigenvalue weighted by molar-refractivity contribution is 9.10. The van der Waals surface area contributed by atoms with Gasteiger partial charge in [0.2, 0.25) is 5.91 Å². The number of hydrogen-bond donors (Lipinski definition) is 1. The van der Waals surface area contributed by atoms with Crippen molar-refractivity contribution >= 4 is 33.6 Å². The van der Waals surface area contributed by atoms with Gasteiger partial charge in [-0.2, -0.15) is 0 Å². The van der Waals surface area contributed by atoms with Crippen molar-refractivity contribution in [2.24, 2.45) is 0 Å². The minimum Gasteiger partial charge on any atom is -0.353 e. The Bertz CT molecular complexity index is 377.